The summed E-state index contributed by atoms with van der Waals surface area (Å²) in [5.74, 6) is -1.89. The molecule has 0 spiro atoms. The Morgan fingerprint density at radius 1 is 1.29 bits per heavy atom. The molecule has 1 amide bonds. The molecule has 2 saturated heterocycles. The quantitative estimate of drug-likeness (QED) is 0.449. The summed E-state index contributed by atoms with van der Waals surface area (Å²) in [4.78, 5) is 40.3. The largest absolute Gasteiger partial charge is 0.477 e. The number of rotatable bonds is 8. The lowest BCUT2D eigenvalue weighted by molar-refractivity contribution is -0.157. The van der Waals surface area contributed by atoms with Crippen molar-refractivity contribution in [2.24, 2.45) is 5.92 Å². The Bertz CT molecular complexity index is 932. The lowest BCUT2D eigenvalue weighted by atomic mass is 9.90. The van der Waals surface area contributed by atoms with Gasteiger partial charge in [0.2, 0.25) is 5.91 Å². The van der Waals surface area contributed by atoms with E-state index in [2.05, 4.69) is 4.90 Å². The van der Waals surface area contributed by atoms with Gasteiger partial charge in [-0.15, -0.1) is 11.8 Å². The van der Waals surface area contributed by atoms with Crippen LogP contribution in [0.2, 0.25) is 0 Å². The highest BCUT2D eigenvalue weighted by Gasteiger charge is 2.58. The zero-order valence-electron chi connectivity index (χ0n) is 17.5. The van der Waals surface area contributed by atoms with Gasteiger partial charge in [-0.1, -0.05) is 48.5 Å². The zero-order chi connectivity index (χ0) is 22.3. The van der Waals surface area contributed by atoms with E-state index in [1.54, 1.807) is 0 Å². The SMILES string of the molecule is CC[C@H](O)[C@@H]1C(=O)N2C(C(=O)O)=C(S[C@H]3CCN(CC(=O)c4ccc(C)cc4)C3)S[C@H]12. The maximum absolute atomic E-state index is 12.6. The number of hydrogen-bond acceptors (Lipinski definition) is 7. The van der Waals surface area contributed by atoms with Crippen molar-refractivity contribution >= 4 is 41.2 Å². The number of hydrogen-bond donors (Lipinski definition) is 2. The first kappa shape index (κ1) is 22.4. The highest BCUT2D eigenvalue weighted by molar-refractivity contribution is 8.23. The molecule has 0 aliphatic carbocycles. The normalized spacial score (nSPS) is 26.7. The maximum Gasteiger partial charge on any atom is 0.354 e. The molecular weight excluding hydrogens is 436 g/mol. The Balaban J connectivity index is 1.38. The van der Waals surface area contributed by atoms with Crippen molar-refractivity contribution in [1.29, 1.82) is 0 Å². The number of likely N-dealkylation sites (tertiary alicyclic amines) is 1. The number of fused-ring (bicyclic) bond motifs is 1. The number of thioether (sulfide) groups is 2. The Hall–Kier alpha value is -1.81. The maximum atomic E-state index is 12.6. The molecule has 9 heteroatoms. The number of aliphatic hydroxyl groups is 1. The Morgan fingerprint density at radius 3 is 2.65 bits per heavy atom. The molecule has 2 fully saturated rings. The number of carbonyl (C=O) groups excluding carboxylic acids is 2. The lowest BCUT2D eigenvalue weighted by Crippen LogP contribution is -2.61. The fourth-order valence-corrected chi connectivity index (χ4v) is 7.53. The van der Waals surface area contributed by atoms with Gasteiger partial charge < -0.3 is 10.2 Å². The van der Waals surface area contributed by atoms with E-state index in [9.17, 15) is 24.6 Å². The molecule has 3 heterocycles. The van der Waals surface area contributed by atoms with E-state index in [-0.39, 0.29) is 28.0 Å². The third kappa shape index (κ3) is 4.28. The van der Waals surface area contributed by atoms with Crippen molar-refractivity contribution in [1.82, 2.24) is 9.80 Å². The van der Waals surface area contributed by atoms with Gasteiger partial charge in [-0.25, -0.2) is 4.79 Å². The van der Waals surface area contributed by atoms with Crippen molar-refractivity contribution in [3.63, 3.8) is 0 Å². The minimum Gasteiger partial charge on any atom is -0.477 e. The van der Waals surface area contributed by atoms with Crippen molar-refractivity contribution < 1.29 is 24.6 Å². The van der Waals surface area contributed by atoms with Gasteiger partial charge in [-0.2, -0.15) is 0 Å². The molecule has 31 heavy (non-hydrogen) atoms. The Labute approximate surface area is 189 Å². The number of carboxylic acids is 1. The van der Waals surface area contributed by atoms with Crippen LogP contribution in [-0.2, 0) is 9.59 Å². The van der Waals surface area contributed by atoms with Gasteiger partial charge in [-0.3, -0.25) is 19.4 Å². The average Bonchev–Trinajstić information content (AvgIpc) is 3.30. The van der Waals surface area contributed by atoms with Gasteiger partial charge in [0.25, 0.3) is 0 Å². The predicted molar refractivity (Wildman–Crippen MR) is 121 cm³/mol. The molecule has 2 N–H and O–H groups in total. The molecule has 0 radical (unpaired) electrons. The fourth-order valence-electron chi connectivity index (χ4n) is 4.22. The minimum absolute atomic E-state index is 0.0405. The summed E-state index contributed by atoms with van der Waals surface area (Å²) < 4.78 is 0.633. The van der Waals surface area contributed by atoms with Gasteiger partial charge in [0.1, 0.15) is 5.37 Å². The summed E-state index contributed by atoms with van der Waals surface area (Å²) in [5.41, 5.74) is 1.86. The zero-order valence-corrected chi connectivity index (χ0v) is 19.1. The van der Waals surface area contributed by atoms with E-state index >= 15 is 0 Å². The molecule has 0 aromatic heterocycles. The number of benzene rings is 1. The second-order valence-electron chi connectivity index (χ2n) is 8.21. The van der Waals surface area contributed by atoms with Crippen LogP contribution >= 0.6 is 23.5 Å². The van der Waals surface area contributed by atoms with E-state index in [4.69, 9.17) is 0 Å². The van der Waals surface area contributed by atoms with E-state index in [0.717, 1.165) is 18.5 Å². The van der Waals surface area contributed by atoms with Crippen LogP contribution in [0.3, 0.4) is 0 Å². The number of carboxylic acid groups (broad SMARTS) is 1. The van der Waals surface area contributed by atoms with Gasteiger partial charge in [0, 0.05) is 17.4 Å². The van der Waals surface area contributed by atoms with Gasteiger partial charge in [-0.05, 0) is 26.3 Å². The third-order valence-electron chi connectivity index (χ3n) is 6.03. The van der Waals surface area contributed by atoms with Gasteiger partial charge in [0.05, 0.1) is 22.8 Å². The second-order valence-corrected chi connectivity index (χ2v) is 10.9. The predicted octanol–water partition coefficient (Wildman–Crippen LogP) is 2.54. The first-order valence-corrected chi connectivity index (χ1v) is 12.2. The molecule has 3 aliphatic heterocycles. The molecule has 7 nitrogen and oxygen atoms in total. The first-order chi connectivity index (χ1) is 14.8. The topological polar surface area (TPSA) is 98.2 Å². The molecule has 4 rings (SSSR count). The summed E-state index contributed by atoms with van der Waals surface area (Å²) in [7, 11) is 0. The van der Waals surface area contributed by atoms with Crippen molar-refractivity contribution in [2.45, 2.75) is 43.4 Å². The lowest BCUT2D eigenvalue weighted by Gasteiger charge is -2.44. The molecule has 0 unspecified atom stereocenters. The number of aryl methyl sites for hydroxylation is 1. The summed E-state index contributed by atoms with van der Waals surface area (Å²) >= 11 is 2.86. The van der Waals surface area contributed by atoms with Crippen molar-refractivity contribution in [2.75, 3.05) is 19.6 Å². The van der Waals surface area contributed by atoms with Crippen LogP contribution in [-0.4, -0.2) is 74.0 Å². The Kier molecular flexibility index (Phi) is 6.48. The first-order valence-electron chi connectivity index (χ1n) is 10.4. The van der Waals surface area contributed by atoms with Crippen LogP contribution in [0, 0.1) is 12.8 Å². The number of nitrogens with zero attached hydrogens (tertiary/aromatic N) is 2. The second kappa shape index (κ2) is 8.97. The summed E-state index contributed by atoms with van der Waals surface area (Å²) in [5, 5.41) is 19.7. The number of aliphatic hydroxyl groups excluding tert-OH is 1. The van der Waals surface area contributed by atoms with Crippen LogP contribution in [0.15, 0.2) is 34.2 Å². The smallest absolute Gasteiger partial charge is 0.354 e. The van der Waals surface area contributed by atoms with Gasteiger partial charge >= 0.3 is 5.97 Å². The Morgan fingerprint density at radius 2 is 2.00 bits per heavy atom. The third-order valence-corrected chi connectivity index (χ3v) is 8.88. The fraction of sp³-hybridized carbons (Fsp3) is 0.500. The molecule has 3 aliphatic rings. The van der Waals surface area contributed by atoms with Crippen LogP contribution in [0.5, 0.6) is 0 Å². The number of aliphatic carboxylic acids is 1. The molecule has 0 bridgehead atoms. The highest BCUT2D eigenvalue weighted by Crippen LogP contribution is 2.55. The molecule has 1 aromatic rings. The van der Waals surface area contributed by atoms with Gasteiger partial charge in [0.15, 0.2) is 11.5 Å². The van der Waals surface area contributed by atoms with Crippen molar-refractivity contribution in [3.05, 3.63) is 45.3 Å². The van der Waals surface area contributed by atoms with Crippen LogP contribution in [0.4, 0.5) is 0 Å². The minimum atomic E-state index is -1.11. The molecule has 4 atom stereocenters. The number of carbonyl (C=O) groups is 3. The van der Waals surface area contributed by atoms with Crippen LogP contribution < -0.4 is 0 Å². The van der Waals surface area contributed by atoms with E-state index in [0.29, 0.717) is 29.3 Å². The van der Waals surface area contributed by atoms with E-state index < -0.39 is 18.0 Å². The molecule has 1 aromatic carbocycles. The number of Topliss-reactive ketones (excluding diaryl/α,β-unsaturated/α-hetero) is 1. The summed E-state index contributed by atoms with van der Waals surface area (Å²) in [6.07, 6.45) is 0.553. The summed E-state index contributed by atoms with van der Waals surface area (Å²) in [6.45, 7) is 5.61. The highest BCUT2D eigenvalue weighted by atomic mass is 32.2. The molecule has 166 valence electrons. The van der Waals surface area contributed by atoms with Crippen LogP contribution in [0.25, 0.3) is 0 Å². The molecule has 0 saturated carbocycles. The van der Waals surface area contributed by atoms with Crippen molar-refractivity contribution in [3.8, 4) is 0 Å². The van der Waals surface area contributed by atoms with Crippen LogP contribution in [0.1, 0.15) is 35.7 Å². The number of β-lactam (4-membered cyclic amide) rings is 1. The molecular formula is C22H26N2O5S2. The average molecular weight is 463 g/mol. The summed E-state index contributed by atoms with van der Waals surface area (Å²) in [6, 6.07) is 7.56. The monoisotopic (exact) mass is 462 g/mol. The number of ketones is 1. The van der Waals surface area contributed by atoms with E-state index in [1.165, 1.54) is 28.4 Å². The standard InChI is InChI=1S/C22H26N2O5S2/c1-3-15(25)17-19(27)24-18(21(28)29)22(31-20(17)24)30-14-8-9-23(10-14)11-16(26)13-6-4-12(2)5-7-13/h4-7,14-15,17,20,25H,3,8-11H2,1-2H3,(H,28,29)/t14-,15-,17+,20+/m0/s1. The van der Waals surface area contributed by atoms with E-state index in [1.807, 2.05) is 38.1 Å². The number of amides is 1.